The second-order valence-electron chi connectivity index (χ2n) is 4.50. The number of nitrogens with one attached hydrogen (secondary N) is 1. The van der Waals surface area contributed by atoms with E-state index in [9.17, 15) is 4.79 Å². The summed E-state index contributed by atoms with van der Waals surface area (Å²) in [6.45, 7) is 2.81. The van der Waals surface area contributed by atoms with Crippen molar-refractivity contribution < 1.29 is 9.90 Å². The molecule has 1 rings (SSSR count). The van der Waals surface area contributed by atoms with Crippen molar-refractivity contribution in [1.29, 1.82) is 0 Å². The number of rotatable bonds is 7. The molecule has 0 radical (unpaired) electrons. The molecule has 0 saturated carbocycles. The molecule has 1 atom stereocenters. The summed E-state index contributed by atoms with van der Waals surface area (Å²) in [5.41, 5.74) is 0.468. The third-order valence-corrected chi connectivity index (χ3v) is 3.78. The number of carbonyl (C=O) groups is 1. The molecule has 0 aromatic heterocycles. The van der Waals surface area contributed by atoms with Gasteiger partial charge in [-0.15, -0.1) is 0 Å². The quantitative estimate of drug-likeness (QED) is 0.790. The van der Waals surface area contributed by atoms with Gasteiger partial charge in [0.05, 0.1) is 10.6 Å². The lowest BCUT2D eigenvalue weighted by Crippen LogP contribution is -2.30. The summed E-state index contributed by atoms with van der Waals surface area (Å²) < 4.78 is 0.822. The van der Waals surface area contributed by atoms with E-state index in [0.717, 1.165) is 17.3 Å². The molecule has 1 aromatic carbocycles. The lowest BCUT2D eigenvalue weighted by molar-refractivity contribution is 0.0943. The molecule has 1 aromatic rings. The van der Waals surface area contributed by atoms with Crippen molar-refractivity contribution >= 4 is 33.4 Å². The average Bonchev–Trinajstić information content (AvgIpc) is 2.39. The van der Waals surface area contributed by atoms with E-state index < -0.39 is 0 Å². The zero-order chi connectivity index (χ0) is 14.3. The first kappa shape index (κ1) is 16.5. The maximum Gasteiger partial charge on any atom is 0.252 e. The van der Waals surface area contributed by atoms with Gasteiger partial charge in [0.15, 0.2) is 0 Å². The fraction of sp³-hybridized carbons (Fsp3) is 0.500. The molecule has 1 unspecified atom stereocenters. The van der Waals surface area contributed by atoms with Crippen LogP contribution in [0, 0.1) is 5.92 Å². The number of aliphatic hydroxyl groups excluding tert-OH is 1. The highest BCUT2D eigenvalue weighted by atomic mass is 79.9. The van der Waals surface area contributed by atoms with Gasteiger partial charge >= 0.3 is 0 Å². The fourth-order valence-electron chi connectivity index (χ4n) is 1.94. The van der Waals surface area contributed by atoms with Gasteiger partial charge < -0.3 is 10.4 Å². The van der Waals surface area contributed by atoms with Crippen LogP contribution in [-0.4, -0.2) is 24.2 Å². The zero-order valence-electron chi connectivity index (χ0n) is 11.0. The minimum Gasteiger partial charge on any atom is -0.396 e. The molecule has 0 aliphatic heterocycles. The molecular formula is C14H19BrClNO2. The molecule has 19 heavy (non-hydrogen) atoms. The third-order valence-electron chi connectivity index (χ3n) is 2.96. The highest BCUT2D eigenvalue weighted by Crippen LogP contribution is 2.21. The Morgan fingerprint density at radius 2 is 2.21 bits per heavy atom. The van der Waals surface area contributed by atoms with Crippen molar-refractivity contribution in [2.45, 2.75) is 26.2 Å². The van der Waals surface area contributed by atoms with Gasteiger partial charge in [-0.3, -0.25) is 4.79 Å². The highest BCUT2D eigenvalue weighted by Gasteiger charge is 2.13. The minimum atomic E-state index is -0.176. The molecule has 0 heterocycles. The number of amides is 1. The molecule has 5 heteroatoms. The lowest BCUT2D eigenvalue weighted by atomic mass is 10.00. The van der Waals surface area contributed by atoms with Crippen LogP contribution in [0.5, 0.6) is 0 Å². The molecule has 0 spiro atoms. The first-order chi connectivity index (χ1) is 9.08. The van der Waals surface area contributed by atoms with Crippen LogP contribution in [0.15, 0.2) is 22.7 Å². The van der Waals surface area contributed by atoms with E-state index in [4.69, 9.17) is 16.7 Å². The molecular weight excluding hydrogens is 330 g/mol. The van der Waals surface area contributed by atoms with Crippen molar-refractivity contribution in [3.63, 3.8) is 0 Å². The Labute approximate surface area is 127 Å². The number of halogens is 2. The Hall–Kier alpha value is -0.580. The van der Waals surface area contributed by atoms with Crippen molar-refractivity contribution in [2.75, 3.05) is 13.2 Å². The van der Waals surface area contributed by atoms with Crippen LogP contribution in [-0.2, 0) is 0 Å². The smallest absolute Gasteiger partial charge is 0.252 e. The molecule has 0 aliphatic carbocycles. The second-order valence-corrected chi connectivity index (χ2v) is 5.82. The molecule has 0 saturated heterocycles. The van der Waals surface area contributed by atoms with E-state index in [1.54, 1.807) is 18.2 Å². The number of benzene rings is 1. The minimum absolute atomic E-state index is 0.151. The Bertz CT molecular complexity index is 420. The van der Waals surface area contributed by atoms with Gasteiger partial charge in [0.2, 0.25) is 0 Å². The van der Waals surface area contributed by atoms with E-state index in [1.165, 1.54) is 0 Å². The SMILES string of the molecule is CCCC(CCO)CNC(=O)c1cc(Br)ccc1Cl. The van der Waals surface area contributed by atoms with Gasteiger partial charge in [0.1, 0.15) is 0 Å². The average molecular weight is 349 g/mol. The normalized spacial score (nSPS) is 12.2. The van der Waals surface area contributed by atoms with Crippen LogP contribution in [0.25, 0.3) is 0 Å². The third kappa shape index (κ3) is 5.51. The van der Waals surface area contributed by atoms with E-state index in [1.807, 2.05) is 0 Å². The van der Waals surface area contributed by atoms with Crippen LogP contribution in [0.2, 0.25) is 5.02 Å². The fourth-order valence-corrected chi connectivity index (χ4v) is 2.51. The molecule has 0 bridgehead atoms. The molecule has 0 aliphatic rings. The first-order valence-electron chi connectivity index (χ1n) is 6.42. The number of hydrogen-bond donors (Lipinski definition) is 2. The van der Waals surface area contributed by atoms with Crippen LogP contribution in [0.4, 0.5) is 0 Å². The Kier molecular flexibility index (Phi) is 7.42. The summed E-state index contributed by atoms with van der Waals surface area (Å²) in [7, 11) is 0. The Morgan fingerprint density at radius 1 is 1.47 bits per heavy atom. The molecule has 106 valence electrons. The standard InChI is InChI=1S/C14H19BrClNO2/c1-2-3-10(6-7-18)9-17-14(19)12-8-11(15)4-5-13(12)16/h4-5,8,10,18H,2-3,6-7,9H2,1H3,(H,17,19). The Balaban J connectivity index is 2.61. The Morgan fingerprint density at radius 3 is 2.84 bits per heavy atom. The van der Waals surface area contributed by atoms with Gasteiger partial charge in [0, 0.05) is 17.6 Å². The summed E-state index contributed by atoms with van der Waals surface area (Å²) in [6, 6.07) is 5.20. The van der Waals surface area contributed by atoms with Crippen LogP contribution in [0.3, 0.4) is 0 Å². The van der Waals surface area contributed by atoms with E-state index in [-0.39, 0.29) is 12.5 Å². The van der Waals surface area contributed by atoms with E-state index >= 15 is 0 Å². The summed E-state index contributed by atoms with van der Waals surface area (Å²) >= 11 is 9.33. The highest BCUT2D eigenvalue weighted by molar-refractivity contribution is 9.10. The number of aliphatic hydroxyl groups is 1. The summed E-state index contributed by atoms with van der Waals surface area (Å²) in [4.78, 5) is 12.1. The second kappa shape index (κ2) is 8.56. The number of carbonyl (C=O) groups excluding carboxylic acids is 1. The predicted octanol–water partition coefficient (Wildman–Crippen LogP) is 3.63. The topological polar surface area (TPSA) is 49.3 Å². The van der Waals surface area contributed by atoms with Gasteiger partial charge in [-0.05, 0) is 37.0 Å². The van der Waals surface area contributed by atoms with Gasteiger partial charge in [0.25, 0.3) is 5.91 Å². The van der Waals surface area contributed by atoms with Crippen LogP contribution in [0.1, 0.15) is 36.5 Å². The summed E-state index contributed by atoms with van der Waals surface area (Å²) in [6.07, 6.45) is 2.74. The van der Waals surface area contributed by atoms with Gasteiger partial charge in [-0.2, -0.15) is 0 Å². The van der Waals surface area contributed by atoms with Crippen molar-refractivity contribution in [3.8, 4) is 0 Å². The monoisotopic (exact) mass is 347 g/mol. The summed E-state index contributed by atoms with van der Waals surface area (Å²) in [5.74, 6) is 0.134. The molecule has 2 N–H and O–H groups in total. The maximum absolute atomic E-state index is 12.1. The largest absolute Gasteiger partial charge is 0.396 e. The number of hydrogen-bond acceptors (Lipinski definition) is 2. The van der Waals surface area contributed by atoms with E-state index in [0.29, 0.717) is 29.5 Å². The zero-order valence-corrected chi connectivity index (χ0v) is 13.3. The molecule has 0 fully saturated rings. The molecule has 3 nitrogen and oxygen atoms in total. The first-order valence-corrected chi connectivity index (χ1v) is 7.59. The predicted molar refractivity (Wildman–Crippen MR) is 81.6 cm³/mol. The van der Waals surface area contributed by atoms with Gasteiger partial charge in [-0.25, -0.2) is 0 Å². The van der Waals surface area contributed by atoms with Crippen molar-refractivity contribution in [2.24, 2.45) is 5.92 Å². The van der Waals surface area contributed by atoms with Gasteiger partial charge in [-0.1, -0.05) is 40.9 Å². The van der Waals surface area contributed by atoms with Crippen molar-refractivity contribution in [3.05, 3.63) is 33.3 Å². The van der Waals surface area contributed by atoms with Crippen LogP contribution >= 0.6 is 27.5 Å². The lowest BCUT2D eigenvalue weighted by Gasteiger charge is -2.16. The van der Waals surface area contributed by atoms with Crippen LogP contribution < -0.4 is 5.32 Å². The molecule has 1 amide bonds. The van der Waals surface area contributed by atoms with Crippen molar-refractivity contribution in [1.82, 2.24) is 5.32 Å². The summed E-state index contributed by atoms with van der Waals surface area (Å²) in [5, 5.41) is 12.3. The van der Waals surface area contributed by atoms with E-state index in [2.05, 4.69) is 28.2 Å². The maximum atomic E-state index is 12.1.